The van der Waals surface area contributed by atoms with Crippen molar-refractivity contribution in [3.8, 4) is 62.1 Å². The maximum atomic E-state index is 5.14. The summed E-state index contributed by atoms with van der Waals surface area (Å²) in [5.74, 6) is 1.91. The second-order valence-electron chi connectivity index (χ2n) is 14.1. The molecule has 0 aliphatic carbocycles. The molecule has 11 rings (SSSR count). The van der Waals surface area contributed by atoms with Crippen LogP contribution in [0.25, 0.3) is 104 Å². The number of thiophene rings is 1. The molecule has 0 atom stereocenters. The zero-order valence-electron chi connectivity index (χ0n) is 30.2. The minimum Gasteiger partial charge on any atom is -0.309 e. The van der Waals surface area contributed by atoms with E-state index in [-0.39, 0.29) is 0 Å². The van der Waals surface area contributed by atoms with Crippen LogP contribution in [-0.2, 0) is 0 Å². The quantitative estimate of drug-likeness (QED) is 0.171. The molecule has 0 aliphatic rings. The molecule has 0 saturated carbocycles. The summed E-state index contributed by atoms with van der Waals surface area (Å²) < 4.78 is 4.95. The lowest BCUT2D eigenvalue weighted by Gasteiger charge is -2.11. The number of benzene rings is 8. The van der Waals surface area contributed by atoms with Gasteiger partial charge in [-0.15, -0.1) is 11.3 Å². The van der Waals surface area contributed by atoms with Gasteiger partial charge in [-0.25, -0.2) is 15.0 Å². The minimum absolute atomic E-state index is 0.632. The zero-order chi connectivity index (χ0) is 37.0. The Hall–Kier alpha value is -7.21. The molecule has 5 heteroatoms. The third-order valence-corrected chi connectivity index (χ3v) is 11.8. The first-order valence-corrected chi connectivity index (χ1v) is 19.6. The standard InChI is InChI=1S/C51H32N4S/c1-4-12-33(13-5-1)35-20-22-37(23-21-35)50-52-49(36-16-8-3-9-17-36)53-51(54-50)39-24-27-42-41-18-10-11-19-45(41)55(46(42)31-39)40-26-29-48-44(32-40)43-30-38(25-28-47(43)56-48)34-14-6-2-7-15-34/h1-32H. The van der Waals surface area contributed by atoms with Crippen molar-refractivity contribution in [2.24, 2.45) is 0 Å². The van der Waals surface area contributed by atoms with Gasteiger partial charge in [-0.05, 0) is 64.7 Å². The molecule has 262 valence electrons. The minimum atomic E-state index is 0.632. The fraction of sp³-hybridized carbons (Fsp3) is 0. The lowest BCUT2D eigenvalue weighted by molar-refractivity contribution is 1.07. The fourth-order valence-electron chi connectivity index (χ4n) is 7.90. The van der Waals surface area contributed by atoms with Crippen molar-refractivity contribution < 1.29 is 0 Å². The van der Waals surface area contributed by atoms with Crippen LogP contribution < -0.4 is 0 Å². The second-order valence-corrected chi connectivity index (χ2v) is 15.1. The van der Waals surface area contributed by atoms with E-state index in [2.05, 4.69) is 174 Å². The van der Waals surface area contributed by atoms with Crippen LogP contribution in [0.5, 0.6) is 0 Å². The largest absolute Gasteiger partial charge is 0.309 e. The molecule has 0 amide bonds. The highest BCUT2D eigenvalue weighted by atomic mass is 32.1. The number of para-hydroxylation sites is 1. The molecule has 0 spiro atoms. The van der Waals surface area contributed by atoms with E-state index in [0.717, 1.165) is 39.0 Å². The van der Waals surface area contributed by atoms with Crippen molar-refractivity contribution in [1.82, 2.24) is 19.5 Å². The maximum absolute atomic E-state index is 5.14. The van der Waals surface area contributed by atoms with Crippen molar-refractivity contribution >= 4 is 53.3 Å². The van der Waals surface area contributed by atoms with Gasteiger partial charge in [0.15, 0.2) is 17.5 Å². The maximum Gasteiger partial charge on any atom is 0.164 e. The Morgan fingerprint density at radius 3 is 1.46 bits per heavy atom. The summed E-state index contributed by atoms with van der Waals surface area (Å²) in [6, 6.07) is 68.7. The lowest BCUT2D eigenvalue weighted by atomic mass is 10.0. The van der Waals surface area contributed by atoms with E-state index >= 15 is 0 Å². The average molecular weight is 733 g/mol. The van der Waals surface area contributed by atoms with Crippen LogP contribution >= 0.6 is 11.3 Å². The second kappa shape index (κ2) is 13.3. The van der Waals surface area contributed by atoms with Gasteiger partial charge in [0.25, 0.3) is 0 Å². The van der Waals surface area contributed by atoms with Gasteiger partial charge in [0.05, 0.1) is 11.0 Å². The van der Waals surface area contributed by atoms with Gasteiger partial charge < -0.3 is 4.57 Å². The molecule has 56 heavy (non-hydrogen) atoms. The monoisotopic (exact) mass is 732 g/mol. The summed E-state index contributed by atoms with van der Waals surface area (Å²) >= 11 is 1.85. The summed E-state index contributed by atoms with van der Waals surface area (Å²) in [6.07, 6.45) is 0. The van der Waals surface area contributed by atoms with Crippen LogP contribution in [0.1, 0.15) is 0 Å². The molecule has 0 aliphatic heterocycles. The first-order valence-electron chi connectivity index (χ1n) is 18.8. The molecule has 8 aromatic carbocycles. The molecule has 0 radical (unpaired) electrons. The first kappa shape index (κ1) is 32.2. The van der Waals surface area contributed by atoms with E-state index in [4.69, 9.17) is 15.0 Å². The predicted octanol–water partition coefficient (Wildman–Crippen LogP) is 13.7. The summed E-state index contributed by atoms with van der Waals surface area (Å²) in [7, 11) is 0. The molecule has 11 aromatic rings. The Labute approximate surface area is 327 Å². The van der Waals surface area contributed by atoms with Crippen molar-refractivity contribution in [3.05, 3.63) is 194 Å². The first-order chi connectivity index (χ1) is 27.7. The Morgan fingerprint density at radius 2 is 0.768 bits per heavy atom. The van der Waals surface area contributed by atoms with E-state index in [0.29, 0.717) is 17.5 Å². The highest BCUT2D eigenvalue weighted by Crippen LogP contribution is 2.40. The van der Waals surface area contributed by atoms with Crippen LogP contribution in [0.4, 0.5) is 0 Å². The molecule has 0 fully saturated rings. The van der Waals surface area contributed by atoms with Gasteiger partial charge in [-0.2, -0.15) is 0 Å². The van der Waals surface area contributed by atoms with Crippen LogP contribution in [0, 0.1) is 0 Å². The molecular weight excluding hydrogens is 701 g/mol. The van der Waals surface area contributed by atoms with E-state index in [1.54, 1.807) is 0 Å². The highest BCUT2D eigenvalue weighted by Gasteiger charge is 2.18. The van der Waals surface area contributed by atoms with Crippen molar-refractivity contribution in [2.75, 3.05) is 0 Å². The van der Waals surface area contributed by atoms with Gasteiger partial charge in [0.2, 0.25) is 0 Å². The molecule has 0 unspecified atom stereocenters. The number of rotatable bonds is 6. The van der Waals surface area contributed by atoms with Gasteiger partial charge >= 0.3 is 0 Å². The Morgan fingerprint density at radius 1 is 0.304 bits per heavy atom. The Balaban J connectivity index is 1.08. The van der Waals surface area contributed by atoms with E-state index < -0.39 is 0 Å². The van der Waals surface area contributed by atoms with Gasteiger partial charge in [0, 0.05) is 53.3 Å². The molecule has 3 heterocycles. The molecule has 0 N–H and O–H groups in total. The van der Waals surface area contributed by atoms with Crippen LogP contribution in [0.3, 0.4) is 0 Å². The third-order valence-electron chi connectivity index (χ3n) is 10.7. The Kier molecular flexibility index (Phi) is 7.64. The predicted molar refractivity (Wildman–Crippen MR) is 234 cm³/mol. The number of nitrogens with zero attached hydrogens (tertiary/aromatic N) is 4. The molecular formula is C51H32N4S. The van der Waals surface area contributed by atoms with Gasteiger partial charge in [-0.3, -0.25) is 0 Å². The average Bonchev–Trinajstić information content (AvgIpc) is 3.81. The van der Waals surface area contributed by atoms with E-state index in [9.17, 15) is 0 Å². The topological polar surface area (TPSA) is 43.6 Å². The summed E-state index contributed by atoms with van der Waals surface area (Å²) in [4.78, 5) is 15.2. The smallest absolute Gasteiger partial charge is 0.164 e. The zero-order valence-corrected chi connectivity index (χ0v) is 31.0. The van der Waals surface area contributed by atoms with Crippen molar-refractivity contribution in [1.29, 1.82) is 0 Å². The van der Waals surface area contributed by atoms with Crippen LogP contribution in [-0.4, -0.2) is 19.5 Å². The van der Waals surface area contributed by atoms with Crippen molar-refractivity contribution in [3.63, 3.8) is 0 Å². The van der Waals surface area contributed by atoms with Crippen LogP contribution in [0.2, 0.25) is 0 Å². The fourth-order valence-corrected chi connectivity index (χ4v) is 8.96. The number of hydrogen-bond acceptors (Lipinski definition) is 4. The number of fused-ring (bicyclic) bond motifs is 6. The van der Waals surface area contributed by atoms with Gasteiger partial charge in [0.1, 0.15) is 0 Å². The van der Waals surface area contributed by atoms with E-state index in [1.165, 1.54) is 47.6 Å². The number of hydrogen-bond donors (Lipinski definition) is 0. The summed E-state index contributed by atoms with van der Waals surface area (Å²) in [5.41, 5.74) is 11.0. The van der Waals surface area contributed by atoms with E-state index in [1.807, 2.05) is 35.6 Å². The number of aromatic nitrogens is 4. The third kappa shape index (κ3) is 5.56. The molecule has 4 nitrogen and oxygen atoms in total. The SMILES string of the molecule is c1ccc(-c2ccc(-c3nc(-c4ccccc4)nc(-c4ccc5c6ccccc6n(-c6ccc7sc8ccc(-c9ccccc9)cc8c7c6)c5c4)n3)cc2)cc1. The normalized spacial score (nSPS) is 11.6. The summed E-state index contributed by atoms with van der Waals surface area (Å²) in [5, 5.41) is 4.92. The molecule has 3 aromatic heterocycles. The summed E-state index contributed by atoms with van der Waals surface area (Å²) in [6.45, 7) is 0. The van der Waals surface area contributed by atoms with Crippen LogP contribution in [0.15, 0.2) is 194 Å². The Bertz CT molecular complexity index is 3220. The highest BCUT2D eigenvalue weighted by molar-refractivity contribution is 7.25. The van der Waals surface area contributed by atoms with Gasteiger partial charge in [-0.1, -0.05) is 152 Å². The molecule has 0 bridgehead atoms. The molecule has 0 saturated heterocycles. The lowest BCUT2D eigenvalue weighted by Crippen LogP contribution is -2.00. The van der Waals surface area contributed by atoms with Crippen molar-refractivity contribution in [2.45, 2.75) is 0 Å².